The topological polar surface area (TPSA) is 78.2 Å². The predicted molar refractivity (Wildman–Crippen MR) is 38.6 cm³/mol. The number of nitrogens with one attached hydrogen (secondary N) is 1. The summed E-state index contributed by atoms with van der Waals surface area (Å²) < 4.78 is 0. The molecule has 1 rings (SSSR count). The summed E-state index contributed by atoms with van der Waals surface area (Å²) in [6.07, 6.45) is 0. The average Bonchev–Trinajstić information content (AvgIpc) is 2.04. The molecule has 0 aliphatic rings. The molecule has 0 unspecified atom stereocenters. The van der Waals surface area contributed by atoms with E-state index in [1.165, 1.54) is 6.07 Å². The molecular weight excluding hydrogens is 144 g/mol. The summed E-state index contributed by atoms with van der Waals surface area (Å²) in [7, 11) is 0. The number of nitrogen functional groups attached to an aromatic ring is 1. The Hall–Kier alpha value is -1.55. The van der Waals surface area contributed by atoms with E-state index < -0.39 is 5.97 Å². The van der Waals surface area contributed by atoms with Crippen molar-refractivity contribution in [1.29, 1.82) is 0 Å². The van der Waals surface area contributed by atoms with Crippen LogP contribution in [0.4, 0.5) is 5.69 Å². The Labute approximate surface area is 63.6 Å². The zero-order chi connectivity index (χ0) is 8.27. The van der Waals surface area contributed by atoms with Gasteiger partial charge in [0.25, 0.3) is 0 Å². The maximum absolute atomic E-state index is 10.4. The molecule has 0 aliphatic carbocycles. The number of benzene rings is 1. The lowest BCUT2D eigenvalue weighted by atomic mass is 10.2. The highest BCUT2D eigenvalue weighted by Crippen LogP contribution is 2.11. The fourth-order valence-electron chi connectivity index (χ4n) is 0.787. The second-order valence-corrected chi connectivity index (χ2v) is 1.98. The van der Waals surface area contributed by atoms with Gasteiger partial charge in [0, 0.05) is 5.56 Å². The molecule has 0 heterocycles. The Balaban J connectivity index is 3.12. The van der Waals surface area contributed by atoms with Crippen LogP contribution in [0, 0.1) is 0 Å². The lowest BCUT2D eigenvalue weighted by molar-refractivity contribution is -0.254. The molecule has 0 radical (unpaired) electrons. The van der Waals surface area contributed by atoms with E-state index >= 15 is 0 Å². The minimum atomic E-state index is -1.24. The Morgan fingerprint density at radius 1 is 1.45 bits per heavy atom. The van der Waals surface area contributed by atoms with Crippen LogP contribution >= 0.6 is 0 Å². The Morgan fingerprint density at radius 3 is 2.55 bits per heavy atom. The number of nitrogens with two attached hydrogens (primary N) is 1. The maximum atomic E-state index is 10.4. The van der Waals surface area contributed by atoms with Gasteiger partial charge >= 0.3 is 0 Å². The van der Waals surface area contributed by atoms with Gasteiger partial charge in [0.15, 0.2) is 0 Å². The van der Waals surface area contributed by atoms with Crippen molar-refractivity contribution < 1.29 is 9.90 Å². The maximum Gasteiger partial charge on any atom is 0.0736 e. The van der Waals surface area contributed by atoms with Crippen molar-refractivity contribution in [2.45, 2.75) is 0 Å². The smallest absolute Gasteiger partial charge is 0.0736 e. The van der Waals surface area contributed by atoms with Gasteiger partial charge < -0.3 is 15.3 Å². The zero-order valence-electron chi connectivity index (χ0n) is 5.70. The normalized spacial score (nSPS) is 9.18. The molecule has 0 saturated heterocycles. The fraction of sp³-hybridized carbons (Fsp3) is 0. The van der Waals surface area contributed by atoms with Crippen LogP contribution in [0.2, 0.25) is 0 Å². The van der Waals surface area contributed by atoms with Crippen molar-refractivity contribution >= 4 is 11.7 Å². The molecule has 4 nitrogen and oxygen atoms in total. The molecule has 0 saturated carbocycles. The molecule has 4 heteroatoms. The quantitative estimate of drug-likeness (QED) is 0.434. The van der Waals surface area contributed by atoms with E-state index in [1.54, 1.807) is 18.2 Å². The number of hydrogen-bond donors (Lipinski definition) is 2. The van der Waals surface area contributed by atoms with E-state index in [2.05, 4.69) is 5.43 Å². The van der Waals surface area contributed by atoms with Gasteiger partial charge in [-0.3, -0.25) is 5.84 Å². The molecule has 0 atom stereocenters. The highest BCUT2D eigenvalue weighted by molar-refractivity contribution is 5.92. The van der Waals surface area contributed by atoms with Crippen molar-refractivity contribution in [3.63, 3.8) is 0 Å². The molecule has 1 aromatic rings. The summed E-state index contributed by atoms with van der Waals surface area (Å²) in [5.74, 6) is 3.81. The first-order valence-electron chi connectivity index (χ1n) is 3.02. The highest BCUT2D eigenvalue weighted by atomic mass is 16.4. The first-order chi connectivity index (χ1) is 5.25. The number of carboxylic acids is 1. The summed E-state index contributed by atoms with van der Waals surface area (Å²) in [5.41, 5.74) is 2.68. The largest absolute Gasteiger partial charge is 0.545 e. The number of rotatable bonds is 2. The molecule has 0 spiro atoms. The Morgan fingerprint density at radius 2 is 2.09 bits per heavy atom. The second kappa shape index (κ2) is 3.03. The molecule has 11 heavy (non-hydrogen) atoms. The van der Waals surface area contributed by atoms with Crippen LogP contribution in [-0.2, 0) is 0 Å². The average molecular weight is 151 g/mol. The summed E-state index contributed by atoms with van der Waals surface area (Å²) in [6.45, 7) is 0. The first-order valence-corrected chi connectivity index (χ1v) is 3.02. The van der Waals surface area contributed by atoms with Crippen LogP contribution in [0.5, 0.6) is 0 Å². The van der Waals surface area contributed by atoms with E-state index in [9.17, 15) is 9.90 Å². The van der Waals surface area contributed by atoms with Gasteiger partial charge in [0.05, 0.1) is 11.7 Å². The van der Waals surface area contributed by atoms with Gasteiger partial charge in [-0.1, -0.05) is 18.2 Å². The monoisotopic (exact) mass is 151 g/mol. The molecule has 3 N–H and O–H groups in total. The standard InChI is InChI=1S/C7H8N2O2/c8-9-6-4-2-1-3-5(6)7(10)11/h1-4,9H,8H2,(H,10,11)/p-1. The molecule has 0 fully saturated rings. The van der Waals surface area contributed by atoms with Crippen molar-refractivity contribution in [2.75, 3.05) is 5.43 Å². The minimum Gasteiger partial charge on any atom is -0.545 e. The third-order valence-corrected chi connectivity index (χ3v) is 1.30. The fourth-order valence-corrected chi connectivity index (χ4v) is 0.787. The van der Waals surface area contributed by atoms with Gasteiger partial charge in [-0.05, 0) is 6.07 Å². The number of carbonyl (C=O) groups excluding carboxylic acids is 1. The molecule has 58 valence electrons. The number of anilines is 1. The molecule has 1 aromatic carbocycles. The van der Waals surface area contributed by atoms with Gasteiger partial charge in [0.1, 0.15) is 0 Å². The SMILES string of the molecule is NNc1ccccc1C(=O)[O-]. The van der Waals surface area contributed by atoms with Crippen LogP contribution in [0.1, 0.15) is 10.4 Å². The third-order valence-electron chi connectivity index (χ3n) is 1.30. The summed E-state index contributed by atoms with van der Waals surface area (Å²) >= 11 is 0. The minimum absolute atomic E-state index is 0.0648. The van der Waals surface area contributed by atoms with Crippen LogP contribution < -0.4 is 16.4 Å². The molecule has 0 aromatic heterocycles. The van der Waals surface area contributed by atoms with Gasteiger partial charge in [-0.15, -0.1) is 0 Å². The van der Waals surface area contributed by atoms with Crippen LogP contribution in [0.25, 0.3) is 0 Å². The highest BCUT2D eigenvalue weighted by Gasteiger charge is 1.98. The van der Waals surface area contributed by atoms with Crippen LogP contribution in [0.3, 0.4) is 0 Å². The first kappa shape index (κ1) is 7.56. The van der Waals surface area contributed by atoms with E-state index in [0.717, 1.165) is 0 Å². The number of hydrazine groups is 1. The Kier molecular flexibility index (Phi) is 2.08. The van der Waals surface area contributed by atoms with Crippen molar-refractivity contribution in [3.8, 4) is 0 Å². The lowest BCUT2D eigenvalue weighted by Gasteiger charge is -2.07. The number of hydrogen-bond acceptors (Lipinski definition) is 4. The number of carbonyl (C=O) groups is 1. The summed E-state index contributed by atoms with van der Waals surface area (Å²) in [4.78, 5) is 10.4. The van der Waals surface area contributed by atoms with E-state index in [0.29, 0.717) is 5.69 Å². The predicted octanol–water partition coefficient (Wildman–Crippen LogP) is -0.664. The van der Waals surface area contributed by atoms with E-state index in [4.69, 9.17) is 5.84 Å². The van der Waals surface area contributed by atoms with Crippen molar-refractivity contribution in [1.82, 2.24) is 0 Å². The summed E-state index contributed by atoms with van der Waals surface area (Å²) in [6, 6.07) is 6.27. The van der Waals surface area contributed by atoms with Crippen molar-refractivity contribution in [3.05, 3.63) is 29.8 Å². The summed E-state index contributed by atoms with van der Waals surface area (Å²) in [5, 5.41) is 10.4. The zero-order valence-corrected chi connectivity index (χ0v) is 5.70. The molecule has 0 bridgehead atoms. The van der Waals surface area contributed by atoms with E-state index in [1.807, 2.05) is 0 Å². The van der Waals surface area contributed by atoms with Crippen molar-refractivity contribution in [2.24, 2.45) is 5.84 Å². The third kappa shape index (κ3) is 1.47. The molecular formula is C7H7N2O2-. The van der Waals surface area contributed by atoms with Gasteiger partial charge in [0.2, 0.25) is 0 Å². The van der Waals surface area contributed by atoms with Crippen LogP contribution in [-0.4, -0.2) is 5.97 Å². The second-order valence-electron chi connectivity index (χ2n) is 1.98. The van der Waals surface area contributed by atoms with Crippen LogP contribution in [0.15, 0.2) is 24.3 Å². The van der Waals surface area contributed by atoms with E-state index in [-0.39, 0.29) is 5.56 Å². The number of aromatic carboxylic acids is 1. The van der Waals surface area contributed by atoms with Gasteiger partial charge in [-0.2, -0.15) is 0 Å². The van der Waals surface area contributed by atoms with Gasteiger partial charge in [-0.25, -0.2) is 0 Å². The molecule has 0 amide bonds. The Bertz CT molecular complexity index is 273. The molecule has 0 aliphatic heterocycles. The number of para-hydroxylation sites is 1. The lowest BCUT2D eigenvalue weighted by Crippen LogP contribution is -2.24. The number of carboxylic acid groups (broad SMARTS) is 1.